The van der Waals surface area contributed by atoms with Crippen LogP contribution in [0.2, 0.25) is 5.02 Å². The van der Waals surface area contributed by atoms with Crippen molar-refractivity contribution >= 4 is 18.0 Å². The molecule has 1 spiro atoms. The fourth-order valence-corrected chi connectivity index (χ4v) is 6.60. The highest BCUT2D eigenvalue weighted by Crippen LogP contribution is 2.49. The number of rotatable bonds is 3. The first-order valence-electron chi connectivity index (χ1n) is 11.0. The van der Waals surface area contributed by atoms with Gasteiger partial charge in [0.2, 0.25) is 6.41 Å². The highest BCUT2D eigenvalue weighted by molar-refractivity contribution is 6.30. The largest absolute Gasteiger partial charge is 0.342 e. The summed E-state index contributed by atoms with van der Waals surface area (Å²) in [6.07, 6.45) is 6.71. The Morgan fingerprint density at radius 1 is 1.17 bits per heavy atom. The zero-order chi connectivity index (χ0) is 19.8. The lowest BCUT2D eigenvalue weighted by Crippen LogP contribution is -2.52. The second-order valence-electron chi connectivity index (χ2n) is 9.09. The van der Waals surface area contributed by atoms with Crippen LogP contribution in [0.25, 0.3) is 0 Å². The third kappa shape index (κ3) is 3.29. The molecular formula is C25H29ClN2O. The maximum Gasteiger partial charge on any atom is 0.209 e. The zero-order valence-electron chi connectivity index (χ0n) is 16.8. The fourth-order valence-electron chi connectivity index (χ4n) is 6.40. The summed E-state index contributed by atoms with van der Waals surface area (Å²) in [6.45, 7) is 2.85. The van der Waals surface area contributed by atoms with Crippen LogP contribution in [0.15, 0.2) is 48.5 Å². The summed E-state index contributed by atoms with van der Waals surface area (Å²) >= 11 is 6.32. The van der Waals surface area contributed by atoms with Crippen LogP contribution < -0.4 is 5.32 Å². The first-order chi connectivity index (χ1) is 14.2. The molecule has 1 aliphatic carbocycles. The molecule has 2 fully saturated rings. The molecule has 152 valence electrons. The number of carbonyl (C=O) groups excluding carboxylic acids is 1. The normalized spacial score (nSPS) is 31.6. The van der Waals surface area contributed by atoms with Gasteiger partial charge in [0.15, 0.2) is 0 Å². The van der Waals surface area contributed by atoms with Crippen molar-refractivity contribution in [3.8, 4) is 0 Å². The molecule has 5 rings (SSSR count). The van der Waals surface area contributed by atoms with E-state index in [-0.39, 0.29) is 11.5 Å². The first-order valence-corrected chi connectivity index (χ1v) is 11.3. The topological polar surface area (TPSA) is 32.3 Å². The molecule has 4 heteroatoms. The summed E-state index contributed by atoms with van der Waals surface area (Å²) in [5.74, 6) is 0.975. The maximum absolute atomic E-state index is 12.0. The van der Waals surface area contributed by atoms with Gasteiger partial charge in [0, 0.05) is 42.0 Å². The Bertz CT molecular complexity index is 886. The Morgan fingerprint density at radius 2 is 2.03 bits per heavy atom. The molecule has 4 atom stereocenters. The predicted octanol–water partition coefficient (Wildman–Crippen LogP) is 4.54. The second-order valence-corrected chi connectivity index (χ2v) is 9.53. The molecule has 3 nitrogen and oxygen atoms in total. The lowest BCUT2D eigenvalue weighted by molar-refractivity contribution is -0.123. The van der Waals surface area contributed by atoms with E-state index in [0.29, 0.717) is 11.8 Å². The van der Waals surface area contributed by atoms with E-state index < -0.39 is 0 Å². The predicted molar refractivity (Wildman–Crippen MR) is 117 cm³/mol. The number of amides is 1. The monoisotopic (exact) mass is 408 g/mol. The van der Waals surface area contributed by atoms with Gasteiger partial charge < -0.3 is 10.2 Å². The number of hydrogen-bond donors (Lipinski definition) is 1. The first kappa shape index (κ1) is 19.1. The van der Waals surface area contributed by atoms with Crippen LogP contribution in [0.4, 0.5) is 0 Å². The molecule has 3 aliphatic rings. The highest BCUT2D eigenvalue weighted by atomic mass is 35.5. The number of carbonyl (C=O) groups is 1. The Kier molecular flexibility index (Phi) is 5.13. The Balaban J connectivity index is 1.51. The minimum atomic E-state index is 0.114. The summed E-state index contributed by atoms with van der Waals surface area (Å²) in [6, 6.07) is 17.6. The van der Waals surface area contributed by atoms with Crippen molar-refractivity contribution < 1.29 is 4.79 Å². The molecule has 2 aliphatic heterocycles. The van der Waals surface area contributed by atoms with Crippen LogP contribution in [-0.4, -0.2) is 37.0 Å². The van der Waals surface area contributed by atoms with Crippen LogP contribution in [0.5, 0.6) is 0 Å². The van der Waals surface area contributed by atoms with Crippen molar-refractivity contribution in [3.05, 3.63) is 70.2 Å². The van der Waals surface area contributed by atoms with Gasteiger partial charge in [-0.3, -0.25) is 4.79 Å². The molecule has 0 saturated carbocycles. The number of nitrogens with zero attached hydrogens (tertiary/aromatic N) is 1. The van der Waals surface area contributed by atoms with Crippen molar-refractivity contribution in [2.45, 2.75) is 49.5 Å². The van der Waals surface area contributed by atoms with Crippen LogP contribution in [0.1, 0.15) is 48.3 Å². The van der Waals surface area contributed by atoms with Gasteiger partial charge in [-0.15, -0.1) is 0 Å². The minimum absolute atomic E-state index is 0.114. The Hall–Kier alpha value is -1.84. The number of aryl methyl sites for hydroxylation is 1. The van der Waals surface area contributed by atoms with Gasteiger partial charge in [0.25, 0.3) is 0 Å². The van der Waals surface area contributed by atoms with E-state index in [9.17, 15) is 4.79 Å². The van der Waals surface area contributed by atoms with Crippen molar-refractivity contribution in [1.82, 2.24) is 10.2 Å². The van der Waals surface area contributed by atoms with Crippen LogP contribution in [-0.2, 0) is 16.6 Å². The quantitative estimate of drug-likeness (QED) is 0.756. The smallest absolute Gasteiger partial charge is 0.209 e. The van der Waals surface area contributed by atoms with Crippen LogP contribution in [0.3, 0.4) is 0 Å². The molecule has 2 aromatic rings. The van der Waals surface area contributed by atoms with Crippen molar-refractivity contribution in [1.29, 1.82) is 0 Å². The molecule has 1 N–H and O–H groups in total. The van der Waals surface area contributed by atoms with E-state index in [0.717, 1.165) is 50.3 Å². The van der Waals surface area contributed by atoms with Crippen LogP contribution in [0, 0.1) is 5.92 Å². The van der Waals surface area contributed by atoms with Gasteiger partial charge in [0.1, 0.15) is 0 Å². The van der Waals surface area contributed by atoms with Gasteiger partial charge >= 0.3 is 0 Å². The number of likely N-dealkylation sites (tertiary alicyclic amines) is 1. The summed E-state index contributed by atoms with van der Waals surface area (Å²) < 4.78 is 0. The average molecular weight is 409 g/mol. The highest BCUT2D eigenvalue weighted by Gasteiger charge is 2.51. The van der Waals surface area contributed by atoms with Gasteiger partial charge in [-0.1, -0.05) is 48.0 Å². The Morgan fingerprint density at radius 3 is 2.86 bits per heavy atom. The maximum atomic E-state index is 12.0. The molecule has 0 radical (unpaired) electrons. The SMILES string of the molecule is O=CN1CCC(c2ccccc2)CC1[C@@H]1CNC[C@]12CCCc1cc(Cl)ccc12. The van der Waals surface area contributed by atoms with Crippen molar-refractivity contribution in [2.24, 2.45) is 5.92 Å². The summed E-state index contributed by atoms with van der Waals surface area (Å²) in [7, 11) is 0. The van der Waals surface area contributed by atoms with Gasteiger partial charge in [-0.2, -0.15) is 0 Å². The third-order valence-corrected chi connectivity index (χ3v) is 7.98. The summed E-state index contributed by atoms with van der Waals surface area (Å²) in [4.78, 5) is 14.1. The van der Waals surface area contributed by atoms with E-state index >= 15 is 0 Å². The molecule has 2 saturated heterocycles. The summed E-state index contributed by atoms with van der Waals surface area (Å²) in [5.41, 5.74) is 4.41. The third-order valence-electron chi connectivity index (χ3n) is 7.75. The molecule has 2 unspecified atom stereocenters. The van der Waals surface area contributed by atoms with E-state index in [4.69, 9.17) is 11.6 Å². The molecular weight excluding hydrogens is 380 g/mol. The van der Waals surface area contributed by atoms with Crippen molar-refractivity contribution in [2.75, 3.05) is 19.6 Å². The zero-order valence-corrected chi connectivity index (χ0v) is 17.6. The lowest BCUT2D eigenvalue weighted by Gasteiger charge is -2.48. The number of benzene rings is 2. The number of nitrogens with one attached hydrogen (secondary N) is 1. The van der Waals surface area contributed by atoms with E-state index in [1.54, 1.807) is 0 Å². The van der Waals surface area contributed by atoms with E-state index in [2.05, 4.69) is 52.7 Å². The average Bonchev–Trinajstić information content (AvgIpc) is 3.17. The van der Waals surface area contributed by atoms with Gasteiger partial charge in [-0.25, -0.2) is 0 Å². The molecule has 2 aromatic carbocycles. The van der Waals surface area contributed by atoms with Gasteiger partial charge in [-0.05, 0) is 66.8 Å². The van der Waals surface area contributed by atoms with Crippen LogP contribution >= 0.6 is 11.6 Å². The molecule has 29 heavy (non-hydrogen) atoms. The number of hydrogen-bond acceptors (Lipinski definition) is 2. The fraction of sp³-hybridized carbons (Fsp3) is 0.480. The molecule has 2 heterocycles. The van der Waals surface area contributed by atoms with Gasteiger partial charge in [0.05, 0.1) is 0 Å². The van der Waals surface area contributed by atoms with Crippen molar-refractivity contribution in [3.63, 3.8) is 0 Å². The molecule has 0 bridgehead atoms. The number of halogens is 1. The minimum Gasteiger partial charge on any atom is -0.342 e. The molecule has 0 aromatic heterocycles. The van der Waals surface area contributed by atoms with E-state index in [1.165, 1.54) is 29.5 Å². The number of piperidine rings is 1. The Labute approximate surface area is 178 Å². The molecule has 1 amide bonds. The van der Waals surface area contributed by atoms with E-state index in [1.807, 2.05) is 6.07 Å². The summed E-state index contributed by atoms with van der Waals surface area (Å²) in [5, 5.41) is 4.54. The number of fused-ring (bicyclic) bond motifs is 2. The standard InChI is InChI=1S/C25H29ClN2O/c26-21-8-9-22-20(13-21)7-4-11-25(22)16-27-15-23(25)24-14-19(10-12-28(24)17-29)18-5-2-1-3-6-18/h1-3,5-6,8-9,13,17,19,23-24,27H,4,7,10-12,14-16H2/t19?,23-,24?,25-/m0/s1. The second kappa shape index (κ2) is 7.77. The lowest BCUT2D eigenvalue weighted by atomic mass is 9.61.